The van der Waals surface area contributed by atoms with Gasteiger partial charge in [-0.3, -0.25) is 0 Å². The van der Waals surface area contributed by atoms with E-state index in [2.05, 4.69) is 29.4 Å². The van der Waals surface area contributed by atoms with Gasteiger partial charge in [-0.25, -0.2) is 9.78 Å². The van der Waals surface area contributed by atoms with E-state index in [1.54, 1.807) is 16.2 Å². The average molecular weight is 345 g/mol. The van der Waals surface area contributed by atoms with E-state index in [1.165, 1.54) is 16.0 Å². The summed E-state index contributed by atoms with van der Waals surface area (Å²) in [4.78, 5) is 20.0. The highest BCUT2D eigenvalue weighted by Crippen LogP contribution is 2.35. The van der Waals surface area contributed by atoms with Gasteiger partial charge >= 0.3 is 6.03 Å². The molecule has 5 nitrogen and oxygen atoms in total. The molecule has 2 aromatic rings. The molecule has 0 radical (unpaired) electrons. The van der Waals surface area contributed by atoms with Gasteiger partial charge in [-0.2, -0.15) is 0 Å². The second-order valence-electron chi connectivity index (χ2n) is 5.90. The van der Waals surface area contributed by atoms with Gasteiger partial charge in [0.05, 0.1) is 19.2 Å². The number of thiazole rings is 1. The number of hydrogen-bond acceptors (Lipinski definition) is 4. The minimum atomic E-state index is -0.140. The lowest BCUT2D eigenvalue weighted by Crippen LogP contribution is -2.42. The number of carbonyl (C=O) groups excluding carboxylic acids is 1. The Labute approximate surface area is 146 Å². The molecular formula is C18H23N3O2S. The van der Waals surface area contributed by atoms with Gasteiger partial charge < -0.3 is 15.3 Å². The molecule has 0 spiro atoms. The molecule has 24 heavy (non-hydrogen) atoms. The van der Waals surface area contributed by atoms with E-state index in [1.807, 2.05) is 18.3 Å². The molecule has 1 unspecified atom stereocenters. The first-order valence-corrected chi connectivity index (χ1v) is 9.21. The summed E-state index contributed by atoms with van der Waals surface area (Å²) >= 11 is 1.63. The minimum Gasteiger partial charge on any atom is -0.395 e. The molecule has 1 aliphatic carbocycles. The van der Waals surface area contributed by atoms with Crippen molar-refractivity contribution < 1.29 is 9.90 Å². The molecule has 0 bridgehead atoms. The van der Waals surface area contributed by atoms with Crippen molar-refractivity contribution >= 4 is 17.4 Å². The summed E-state index contributed by atoms with van der Waals surface area (Å²) in [5.74, 6) is 0. The fourth-order valence-corrected chi connectivity index (χ4v) is 4.01. The number of benzene rings is 1. The number of rotatable bonds is 6. The van der Waals surface area contributed by atoms with E-state index in [9.17, 15) is 9.90 Å². The molecule has 2 amide bonds. The molecule has 1 aromatic heterocycles. The number of aromatic nitrogens is 1. The smallest absolute Gasteiger partial charge is 0.318 e. The van der Waals surface area contributed by atoms with Gasteiger partial charge in [-0.1, -0.05) is 31.2 Å². The summed E-state index contributed by atoms with van der Waals surface area (Å²) in [5, 5.41) is 13.2. The van der Waals surface area contributed by atoms with E-state index < -0.39 is 0 Å². The normalized spacial score (nSPS) is 16.0. The molecule has 0 aliphatic heterocycles. The quantitative estimate of drug-likeness (QED) is 0.846. The zero-order valence-corrected chi connectivity index (χ0v) is 14.7. The van der Waals surface area contributed by atoms with E-state index in [0.29, 0.717) is 13.1 Å². The SMILES string of the molecule is CCc1cnc(CNC(=O)N(CCO)C2CCc3ccccc32)s1. The van der Waals surface area contributed by atoms with Crippen LogP contribution >= 0.6 is 11.3 Å². The summed E-state index contributed by atoms with van der Waals surface area (Å²) in [6, 6.07) is 8.14. The van der Waals surface area contributed by atoms with Crippen LogP contribution in [0.5, 0.6) is 0 Å². The predicted octanol–water partition coefficient (Wildman–Crippen LogP) is 2.90. The molecule has 0 fully saturated rings. The number of carbonyl (C=O) groups is 1. The Kier molecular flexibility index (Phi) is 5.48. The lowest BCUT2D eigenvalue weighted by atomic mass is 10.1. The van der Waals surface area contributed by atoms with Crippen molar-refractivity contribution in [2.45, 2.75) is 38.8 Å². The summed E-state index contributed by atoms with van der Waals surface area (Å²) in [5.41, 5.74) is 2.49. The maximum Gasteiger partial charge on any atom is 0.318 e. The molecule has 128 valence electrons. The van der Waals surface area contributed by atoms with Crippen molar-refractivity contribution in [3.63, 3.8) is 0 Å². The Morgan fingerprint density at radius 1 is 1.46 bits per heavy atom. The van der Waals surface area contributed by atoms with Crippen molar-refractivity contribution in [1.82, 2.24) is 15.2 Å². The number of amides is 2. The van der Waals surface area contributed by atoms with Crippen LogP contribution in [-0.2, 0) is 19.4 Å². The highest BCUT2D eigenvalue weighted by molar-refractivity contribution is 7.11. The third-order valence-corrected chi connectivity index (χ3v) is 5.56. The van der Waals surface area contributed by atoms with Crippen LogP contribution in [-0.4, -0.2) is 34.2 Å². The summed E-state index contributed by atoms with van der Waals surface area (Å²) in [7, 11) is 0. The van der Waals surface area contributed by atoms with E-state index >= 15 is 0 Å². The van der Waals surface area contributed by atoms with Crippen molar-refractivity contribution in [1.29, 1.82) is 0 Å². The van der Waals surface area contributed by atoms with E-state index in [0.717, 1.165) is 24.3 Å². The van der Waals surface area contributed by atoms with E-state index in [4.69, 9.17) is 0 Å². The Morgan fingerprint density at radius 3 is 3.04 bits per heavy atom. The molecule has 1 atom stereocenters. The van der Waals surface area contributed by atoms with Crippen molar-refractivity contribution in [2.24, 2.45) is 0 Å². The van der Waals surface area contributed by atoms with Crippen LogP contribution in [0.25, 0.3) is 0 Å². The van der Waals surface area contributed by atoms with Gasteiger partial charge in [-0.15, -0.1) is 11.3 Å². The summed E-state index contributed by atoms with van der Waals surface area (Å²) in [6.45, 7) is 2.82. The van der Waals surface area contributed by atoms with Crippen LogP contribution in [0, 0.1) is 0 Å². The second kappa shape index (κ2) is 7.77. The highest BCUT2D eigenvalue weighted by Gasteiger charge is 2.30. The molecule has 1 aromatic carbocycles. The third kappa shape index (κ3) is 3.60. The Bertz CT molecular complexity index is 701. The number of urea groups is 1. The molecule has 2 N–H and O–H groups in total. The van der Waals surface area contributed by atoms with E-state index in [-0.39, 0.29) is 18.7 Å². The Morgan fingerprint density at radius 2 is 2.29 bits per heavy atom. The molecular weight excluding hydrogens is 322 g/mol. The number of hydrogen-bond donors (Lipinski definition) is 2. The maximum atomic E-state index is 12.7. The molecule has 6 heteroatoms. The first kappa shape index (κ1) is 16.9. The van der Waals surface area contributed by atoms with Gasteiger partial charge in [0.15, 0.2) is 0 Å². The van der Waals surface area contributed by atoms with Crippen molar-refractivity contribution in [2.75, 3.05) is 13.2 Å². The van der Waals surface area contributed by atoms with Crippen LogP contribution in [0.1, 0.15) is 40.4 Å². The Balaban J connectivity index is 1.68. The van der Waals surface area contributed by atoms with Gasteiger partial charge in [0.2, 0.25) is 0 Å². The number of fused-ring (bicyclic) bond motifs is 1. The van der Waals surface area contributed by atoms with Gasteiger partial charge in [0.1, 0.15) is 5.01 Å². The summed E-state index contributed by atoms with van der Waals surface area (Å²) in [6.07, 6.45) is 4.71. The number of nitrogens with zero attached hydrogens (tertiary/aromatic N) is 2. The van der Waals surface area contributed by atoms with Gasteiger partial charge in [0.25, 0.3) is 0 Å². The van der Waals surface area contributed by atoms with Gasteiger partial charge in [0, 0.05) is 17.6 Å². The van der Waals surface area contributed by atoms with Gasteiger partial charge in [-0.05, 0) is 30.4 Å². The van der Waals surface area contributed by atoms with Crippen LogP contribution in [0.4, 0.5) is 4.79 Å². The zero-order chi connectivity index (χ0) is 16.9. The number of aliphatic hydroxyl groups is 1. The zero-order valence-electron chi connectivity index (χ0n) is 13.9. The molecule has 0 saturated carbocycles. The van der Waals surface area contributed by atoms with Crippen LogP contribution in [0.3, 0.4) is 0 Å². The molecule has 3 rings (SSSR count). The van der Waals surface area contributed by atoms with Crippen molar-refractivity contribution in [3.05, 3.63) is 51.5 Å². The Hall–Kier alpha value is -1.92. The molecule has 1 heterocycles. The third-order valence-electron chi connectivity index (χ3n) is 4.42. The topological polar surface area (TPSA) is 65.5 Å². The molecule has 0 saturated heterocycles. The highest BCUT2D eigenvalue weighted by atomic mass is 32.1. The number of aryl methyl sites for hydroxylation is 2. The predicted molar refractivity (Wildman–Crippen MR) is 95.0 cm³/mol. The maximum absolute atomic E-state index is 12.7. The number of nitrogens with one attached hydrogen (secondary N) is 1. The largest absolute Gasteiger partial charge is 0.395 e. The summed E-state index contributed by atoms with van der Waals surface area (Å²) < 4.78 is 0. The standard InChI is InChI=1S/C18H23N3O2S/c1-2-14-11-19-17(24-14)12-20-18(23)21(9-10-22)16-8-7-13-5-3-4-6-15(13)16/h3-6,11,16,22H,2,7-10,12H2,1H3,(H,20,23). The monoisotopic (exact) mass is 345 g/mol. The first-order valence-electron chi connectivity index (χ1n) is 8.39. The van der Waals surface area contributed by atoms with Crippen molar-refractivity contribution in [3.8, 4) is 0 Å². The average Bonchev–Trinajstić information content (AvgIpc) is 3.24. The van der Waals surface area contributed by atoms with Crippen LogP contribution in [0.2, 0.25) is 0 Å². The lowest BCUT2D eigenvalue weighted by Gasteiger charge is -2.29. The fourth-order valence-electron chi connectivity index (χ4n) is 3.21. The van der Waals surface area contributed by atoms with Crippen LogP contribution < -0.4 is 5.32 Å². The first-order chi connectivity index (χ1) is 11.7. The molecule has 1 aliphatic rings. The number of aliphatic hydroxyl groups excluding tert-OH is 1. The fraction of sp³-hybridized carbons (Fsp3) is 0.444. The lowest BCUT2D eigenvalue weighted by molar-refractivity contribution is 0.151. The second-order valence-corrected chi connectivity index (χ2v) is 7.10. The minimum absolute atomic E-state index is 0.0378. The van der Waals surface area contributed by atoms with Crippen LogP contribution in [0.15, 0.2) is 30.5 Å².